The minimum Gasteiger partial charge on any atom is -0.393 e. The van der Waals surface area contributed by atoms with Crippen molar-refractivity contribution >= 4 is 16.8 Å². The van der Waals surface area contributed by atoms with Crippen molar-refractivity contribution in [3.63, 3.8) is 0 Å². The monoisotopic (exact) mass is 357 g/mol. The van der Waals surface area contributed by atoms with Gasteiger partial charge in [0.2, 0.25) is 0 Å². The fraction of sp³-hybridized carbons (Fsp3) is 0.240. The summed E-state index contributed by atoms with van der Waals surface area (Å²) in [7, 11) is 0. The van der Waals surface area contributed by atoms with Gasteiger partial charge in [0.25, 0.3) is 0 Å². The second kappa shape index (κ2) is 9.29. The van der Waals surface area contributed by atoms with Gasteiger partial charge in [0, 0.05) is 17.1 Å². The van der Waals surface area contributed by atoms with Gasteiger partial charge in [-0.25, -0.2) is 0 Å². The lowest BCUT2D eigenvalue weighted by Gasteiger charge is -2.06. The van der Waals surface area contributed by atoms with Gasteiger partial charge < -0.3 is 5.11 Å². The zero-order chi connectivity index (χ0) is 19.1. The van der Waals surface area contributed by atoms with E-state index in [-0.39, 0.29) is 6.10 Å². The third-order valence-electron chi connectivity index (χ3n) is 4.68. The summed E-state index contributed by atoms with van der Waals surface area (Å²) in [4.78, 5) is 4.64. The number of hydrogen-bond acceptors (Lipinski definition) is 2. The van der Waals surface area contributed by atoms with E-state index >= 15 is 0 Å². The highest BCUT2D eigenvalue weighted by molar-refractivity contribution is 5.85. The molecule has 0 aliphatic rings. The van der Waals surface area contributed by atoms with E-state index in [4.69, 9.17) is 0 Å². The highest BCUT2D eigenvalue weighted by atomic mass is 16.3. The van der Waals surface area contributed by atoms with Crippen LogP contribution < -0.4 is 0 Å². The van der Waals surface area contributed by atoms with Crippen LogP contribution in [-0.2, 0) is 6.42 Å². The molecule has 0 fully saturated rings. The Bertz CT molecular complexity index is 923. The molecular weight excluding hydrogens is 330 g/mol. The summed E-state index contributed by atoms with van der Waals surface area (Å²) in [5.41, 5.74) is 4.56. The Morgan fingerprint density at radius 1 is 1.07 bits per heavy atom. The molecule has 1 unspecified atom stereocenters. The molecule has 0 aliphatic heterocycles. The van der Waals surface area contributed by atoms with E-state index in [1.807, 2.05) is 19.2 Å². The molecule has 0 spiro atoms. The van der Waals surface area contributed by atoms with Gasteiger partial charge in [0.05, 0.1) is 11.8 Å². The van der Waals surface area contributed by atoms with Gasteiger partial charge in [-0.2, -0.15) is 0 Å². The van der Waals surface area contributed by atoms with E-state index in [1.54, 1.807) is 0 Å². The Balaban J connectivity index is 1.70. The maximum Gasteiger partial charge on any atom is 0.0708 e. The molecule has 1 heterocycles. The van der Waals surface area contributed by atoms with Crippen molar-refractivity contribution in [1.82, 2.24) is 4.98 Å². The zero-order valence-corrected chi connectivity index (χ0v) is 15.9. The van der Waals surface area contributed by atoms with Crippen molar-refractivity contribution in [2.45, 2.75) is 38.7 Å². The first kappa shape index (κ1) is 19.1. The number of aromatic nitrogens is 1. The van der Waals surface area contributed by atoms with E-state index in [0.717, 1.165) is 42.3 Å². The number of fused-ring (bicyclic) bond motifs is 1. The fourth-order valence-electron chi connectivity index (χ4n) is 3.16. The summed E-state index contributed by atoms with van der Waals surface area (Å²) >= 11 is 0. The standard InChI is InChI=1S/C25H27NO/c1-3-7-21-12-15-23-17-25(26-18-24(23)16-21)22-13-10-20(11-14-22)9-6-4-5-8-19(2)27/h3,6,9-19,27H,1,4-5,7-8H2,2H3. The molecule has 1 atom stereocenters. The lowest BCUT2D eigenvalue weighted by Crippen LogP contribution is -1.97. The summed E-state index contributed by atoms with van der Waals surface area (Å²) < 4.78 is 0. The van der Waals surface area contributed by atoms with Gasteiger partial charge >= 0.3 is 0 Å². The molecular formula is C25H27NO. The molecule has 0 saturated carbocycles. The number of rotatable bonds is 8. The van der Waals surface area contributed by atoms with Crippen molar-refractivity contribution in [1.29, 1.82) is 0 Å². The number of benzene rings is 2. The van der Waals surface area contributed by atoms with E-state index in [9.17, 15) is 5.11 Å². The van der Waals surface area contributed by atoms with Gasteiger partial charge in [-0.05, 0) is 61.3 Å². The van der Waals surface area contributed by atoms with Gasteiger partial charge in [-0.1, -0.05) is 54.6 Å². The molecule has 2 aromatic carbocycles. The lowest BCUT2D eigenvalue weighted by molar-refractivity contribution is 0.182. The maximum atomic E-state index is 9.28. The molecule has 0 aliphatic carbocycles. The topological polar surface area (TPSA) is 33.1 Å². The first-order chi connectivity index (χ1) is 13.2. The average molecular weight is 357 g/mol. The fourth-order valence-corrected chi connectivity index (χ4v) is 3.16. The van der Waals surface area contributed by atoms with Crippen molar-refractivity contribution in [3.8, 4) is 11.3 Å². The number of allylic oxidation sites excluding steroid dienone is 2. The third-order valence-corrected chi connectivity index (χ3v) is 4.68. The summed E-state index contributed by atoms with van der Waals surface area (Å²) in [6, 6.07) is 17.1. The summed E-state index contributed by atoms with van der Waals surface area (Å²) in [5.74, 6) is 0. The third kappa shape index (κ3) is 5.38. The second-order valence-corrected chi connectivity index (χ2v) is 7.05. The van der Waals surface area contributed by atoms with Crippen molar-refractivity contribution < 1.29 is 5.11 Å². The SMILES string of the molecule is C=CCc1ccc2cc(-c3ccc(C=CCCCC(C)O)cc3)ncc2c1. The number of nitrogens with zero attached hydrogens (tertiary/aromatic N) is 1. The molecule has 138 valence electrons. The summed E-state index contributed by atoms with van der Waals surface area (Å²) in [6.07, 6.45) is 11.7. The molecule has 2 heteroatoms. The minimum atomic E-state index is -0.208. The van der Waals surface area contributed by atoms with Crippen LogP contribution in [0.5, 0.6) is 0 Å². The van der Waals surface area contributed by atoms with Crippen LogP contribution in [0.1, 0.15) is 37.3 Å². The van der Waals surface area contributed by atoms with Gasteiger partial charge in [-0.15, -0.1) is 6.58 Å². The van der Waals surface area contributed by atoms with Crippen LogP contribution in [0.25, 0.3) is 28.1 Å². The largest absolute Gasteiger partial charge is 0.393 e. The van der Waals surface area contributed by atoms with E-state index in [1.165, 1.54) is 16.5 Å². The average Bonchev–Trinajstić information content (AvgIpc) is 2.68. The van der Waals surface area contributed by atoms with Crippen LogP contribution in [0.3, 0.4) is 0 Å². The highest BCUT2D eigenvalue weighted by Gasteiger charge is 2.02. The minimum absolute atomic E-state index is 0.208. The molecule has 0 amide bonds. The maximum absolute atomic E-state index is 9.28. The molecule has 2 nitrogen and oxygen atoms in total. The summed E-state index contributed by atoms with van der Waals surface area (Å²) in [6.45, 7) is 5.64. The van der Waals surface area contributed by atoms with Crippen LogP contribution in [0.15, 0.2) is 73.5 Å². The van der Waals surface area contributed by atoms with Crippen LogP contribution in [0.4, 0.5) is 0 Å². The Hall–Kier alpha value is -2.71. The van der Waals surface area contributed by atoms with Crippen molar-refractivity contribution in [2.75, 3.05) is 0 Å². The first-order valence-electron chi connectivity index (χ1n) is 9.60. The van der Waals surface area contributed by atoms with E-state index < -0.39 is 0 Å². The Kier molecular flexibility index (Phi) is 6.56. The van der Waals surface area contributed by atoms with Crippen molar-refractivity contribution in [3.05, 3.63) is 84.6 Å². The van der Waals surface area contributed by atoms with Gasteiger partial charge in [-0.3, -0.25) is 4.98 Å². The molecule has 0 saturated heterocycles. The van der Waals surface area contributed by atoms with Gasteiger partial charge in [0.15, 0.2) is 0 Å². The number of aliphatic hydroxyl groups is 1. The molecule has 0 radical (unpaired) electrons. The first-order valence-corrected chi connectivity index (χ1v) is 9.60. The Labute approximate surface area is 161 Å². The normalized spacial score (nSPS) is 12.5. The van der Waals surface area contributed by atoms with E-state index in [0.29, 0.717) is 0 Å². The molecule has 27 heavy (non-hydrogen) atoms. The summed E-state index contributed by atoms with van der Waals surface area (Å²) in [5, 5.41) is 11.6. The van der Waals surface area contributed by atoms with Crippen LogP contribution in [0.2, 0.25) is 0 Å². The Morgan fingerprint density at radius 2 is 1.89 bits per heavy atom. The van der Waals surface area contributed by atoms with Gasteiger partial charge in [0.1, 0.15) is 0 Å². The predicted molar refractivity (Wildman–Crippen MR) is 116 cm³/mol. The highest BCUT2D eigenvalue weighted by Crippen LogP contribution is 2.24. The Morgan fingerprint density at radius 3 is 2.63 bits per heavy atom. The molecule has 0 bridgehead atoms. The molecule has 3 rings (SSSR count). The number of unbranched alkanes of at least 4 members (excludes halogenated alkanes) is 1. The quantitative estimate of drug-likeness (QED) is 0.385. The zero-order valence-electron chi connectivity index (χ0n) is 15.9. The number of hydrogen-bond donors (Lipinski definition) is 1. The van der Waals surface area contributed by atoms with Crippen LogP contribution >= 0.6 is 0 Å². The van der Waals surface area contributed by atoms with Crippen molar-refractivity contribution in [2.24, 2.45) is 0 Å². The van der Waals surface area contributed by atoms with E-state index in [2.05, 4.69) is 72.2 Å². The molecule has 1 aromatic heterocycles. The second-order valence-electron chi connectivity index (χ2n) is 7.05. The number of aliphatic hydroxyl groups excluding tert-OH is 1. The van der Waals surface area contributed by atoms with Crippen LogP contribution in [-0.4, -0.2) is 16.2 Å². The van der Waals surface area contributed by atoms with Crippen LogP contribution in [0, 0.1) is 0 Å². The molecule has 1 N–H and O–H groups in total. The lowest BCUT2D eigenvalue weighted by atomic mass is 10.0. The molecule has 3 aromatic rings. The predicted octanol–water partition coefficient (Wildman–Crippen LogP) is 6.19. The number of pyridine rings is 1. The smallest absolute Gasteiger partial charge is 0.0708 e.